The summed E-state index contributed by atoms with van der Waals surface area (Å²) in [5.74, 6) is 0. The number of ether oxygens (including phenoxy) is 1. The van der Waals surface area contributed by atoms with Crippen molar-refractivity contribution in [3.8, 4) is 6.07 Å². The molecule has 2 rings (SSSR count). The fraction of sp³-hybridized carbons (Fsp3) is 0.400. The molecule has 0 radical (unpaired) electrons. The molecule has 1 aromatic rings. The molecule has 0 amide bonds. The number of nitrogens with zero attached hydrogens (tertiary/aromatic N) is 3. The minimum Gasteiger partial charge on any atom is -0.378 e. The zero-order valence-electron chi connectivity index (χ0n) is 8.92. The molecule has 1 N–H and O–H groups in total. The number of nitrogens with one attached hydrogen (secondary N) is 1. The van der Waals surface area contributed by atoms with E-state index in [4.69, 9.17) is 10.00 Å². The Morgan fingerprint density at radius 3 is 3.12 bits per heavy atom. The van der Waals surface area contributed by atoms with Gasteiger partial charge in [-0.1, -0.05) is 0 Å². The van der Waals surface area contributed by atoms with Crippen LogP contribution in [0.25, 0.3) is 0 Å². The summed E-state index contributed by atoms with van der Waals surface area (Å²) < 4.78 is 5.26. The predicted molar refractivity (Wildman–Crippen MR) is 57.2 cm³/mol. The van der Waals surface area contributed by atoms with Crippen LogP contribution in [0.2, 0.25) is 0 Å². The smallest absolute Gasteiger partial charge is 0.310 e. The molecule has 7 heteroatoms. The molecule has 1 aromatic heterocycles. The van der Waals surface area contributed by atoms with E-state index in [1.54, 1.807) is 12.1 Å². The zero-order valence-corrected chi connectivity index (χ0v) is 8.92. The highest BCUT2D eigenvalue weighted by molar-refractivity contribution is 5.51. The summed E-state index contributed by atoms with van der Waals surface area (Å²) >= 11 is 0. The number of hydrogen-bond acceptors (Lipinski definition) is 6. The summed E-state index contributed by atoms with van der Waals surface area (Å²) in [6.45, 7) is 1.57. The second kappa shape index (κ2) is 4.86. The normalized spacial score (nSPS) is 19.6. The summed E-state index contributed by atoms with van der Waals surface area (Å²) in [4.78, 5) is 14.1. The van der Waals surface area contributed by atoms with Crippen LogP contribution >= 0.6 is 0 Å². The molecule has 0 aliphatic carbocycles. The third-order valence-electron chi connectivity index (χ3n) is 2.54. The Balaban J connectivity index is 2.45. The van der Waals surface area contributed by atoms with Crippen molar-refractivity contribution in [1.82, 2.24) is 10.3 Å². The van der Waals surface area contributed by atoms with Crippen molar-refractivity contribution in [2.45, 2.75) is 6.04 Å². The van der Waals surface area contributed by atoms with Crippen LogP contribution < -0.4 is 5.32 Å². The molecular weight excluding hydrogens is 224 g/mol. The molecule has 1 fully saturated rings. The van der Waals surface area contributed by atoms with Crippen LogP contribution in [0.4, 0.5) is 5.69 Å². The standard InChI is InChI=1S/C10H10N4O3/c11-5-8-10(14(15)16)7(1-2-12-8)9-6-17-4-3-13-9/h1-2,9,13H,3-4,6H2. The van der Waals surface area contributed by atoms with Crippen molar-refractivity contribution in [3.05, 3.63) is 33.6 Å². The highest BCUT2D eigenvalue weighted by Crippen LogP contribution is 2.28. The van der Waals surface area contributed by atoms with Crippen LogP contribution in [0.5, 0.6) is 0 Å². The van der Waals surface area contributed by atoms with Gasteiger partial charge in [-0.05, 0) is 6.07 Å². The lowest BCUT2D eigenvalue weighted by Crippen LogP contribution is -2.35. The Morgan fingerprint density at radius 2 is 2.53 bits per heavy atom. The van der Waals surface area contributed by atoms with Gasteiger partial charge in [0.15, 0.2) is 0 Å². The van der Waals surface area contributed by atoms with Crippen molar-refractivity contribution in [2.75, 3.05) is 19.8 Å². The SMILES string of the molecule is N#Cc1nccc(C2COCCN2)c1[N+](=O)[O-]. The first-order valence-electron chi connectivity index (χ1n) is 5.08. The van der Waals surface area contributed by atoms with E-state index in [-0.39, 0.29) is 17.4 Å². The van der Waals surface area contributed by atoms with Gasteiger partial charge in [0.25, 0.3) is 0 Å². The summed E-state index contributed by atoms with van der Waals surface area (Å²) in [7, 11) is 0. The van der Waals surface area contributed by atoms with Crippen LogP contribution in [-0.2, 0) is 4.74 Å². The molecule has 1 saturated heterocycles. The van der Waals surface area contributed by atoms with Gasteiger partial charge in [0.05, 0.1) is 29.7 Å². The third-order valence-corrected chi connectivity index (χ3v) is 2.54. The first-order valence-corrected chi connectivity index (χ1v) is 5.08. The van der Waals surface area contributed by atoms with Gasteiger partial charge < -0.3 is 10.1 Å². The van der Waals surface area contributed by atoms with Gasteiger partial charge in [0.1, 0.15) is 6.07 Å². The van der Waals surface area contributed by atoms with Crippen LogP contribution in [0, 0.1) is 21.4 Å². The number of nitriles is 1. The molecule has 17 heavy (non-hydrogen) atoms. The first kappa shape index (κ1) is 11.4. The number of morpholine rings is 1. The molecule has 2 heterocycles. The van der Waals surface area contributed by atoms with Gasteiger partial charge in [-0.15, -0.1) is 0 Å². The second-order valence-electron chi connectivity index (χ2n) is 3.55. The molecule has 0 aromatic carbocycles. The van der Waals surface area contributed by atoms with Crippen molar-refractivity contribution >= 4 is 5.69 Å². The lowest BCUT2D eigenvalue weighted by Gasteiger charge is -2.23. The maximum absolute atomic E-state index is 11.0. The molecule has 0 spiro atoms. The lowest BCUT2D eigenvalue weighted by atomic mass is 10.0. The van der Waals surface area contributed by atoms with Crippen LogP contribution in [0.3, 0.4) is 0 Å². The molecule has 1 aliphatic heterocycles. The van der Waals surface area contributed by atoms with Crippen molar-refractivity contribution < 1.29 is 9.66 Å². The molecule has 1 aliphatic rings. The van der Waals surface area contributed by atoms with E-state index >= 15 is 0 Å². The van der Waals surface area contributed by atoms with E-state index in [9.17, 15) is 10.1 Å². The lowest BCUT2D eigenvalue weighted by molar-refractivity contribution is -0.386. The summed E-state index contributed by atoms with van der Waals surface area (Å²) in [6.07, 6.45) is 1.40. The van der Waals surface area contributed by atoms with Crippen LogP contribution in [-0.4, -0.2) is 29.7 Å². The Morgan fingerprint density at radius 1 is 1.71 bits per heavy atom. The molecule has 0 saturated carbocycles. The van der Waals surface area contributed by atoms with Gasteiger partial charge in [-0.3, -0.25) is 10.1 Å². The number of pyridine rings is 1. The fourth-order valence-electron chi connectivity index (χ4n) is 1.79. The quantitative estimate of drug-likeness (QED) is 0.591. The fourth-order valence-corrected chi connectivity index (χ4v) is 1.79. The zero-order chi connectivity index (χ0) is 12.3. The van der Waals surface area contributed by atoms with E-state index in [2.05, 4.69) is 10.3 Å². The van der Waals surface area contributed by atoms with Crippen LogP contribution in [0.15, 0.2) is 12.3 Å². The van der Waals surface area contributed by atoms with Gasteiger partial charge in [-0.25, -0.2) is 4.98 Å². The van der Waals surface area contributed by atoms with Gasteiger partial charge in [0.2, 0.25) is 5.69 Å². The van der Waals surface area contributed by atoms with E-state index in [1.165, 1.54) is 6.20 Å². The minimum absolute atomic E-state index is 0.167. The molecule has 1 atom stereocenters. The predicted octanol–water partition coefficient (Wildman–Crippen LogP) is 0.522. The van der Waals surface area contributed by atoms with E-state index < -0.39 is 4.92 Å². The summed E-state index contributed by atoms with van der Waals surface area (Å²) in [5, 5.41) is 22.9. The van der Waals surface area contributed by atoms with Crippen LogP contribution in [0.1, 0.15) is 17.3 Å². The van der Waals surface area contributed by atoms with E-state index in [0.717, 1.165) is 0 Å². The molecule has 88 valence electrons. The van der Waals surface area contributed by atoms with Crippen molar-refractivity contribution in [2.24, 2.45) is 0 Å². The average molecular weight is 234 g/mol. The van der Waals surface area contributed by atoms with Crippen molar-refractivity contribution in [3.63, 3.8) is 0 Å². The molecular formula is C10H10N4O3. The highest BCUT2D eigenvalue weighted by atomic mass is 16.6. The Kier molecular flexibility index (Phi) is 3.27. The van der Waals surface area contributed by atoms with Crippen molar-refractivity contribution in [1.29, 1.82) is 5.26 Å². The number of hydrogen-bond donors (Lipinski definition) is 1. The number of rotatable bonds is 2. The minimum atomic E-state index is -0.572. The Hall–Kier alpha value is -2.04. The maximum Gasteiger partial charge on any atom is 0.310 e. The van der Waals surface area contributed by atoms with Gasteiger partial charge in [0, 0.05) is 12.7 Å². The monoisotopic (exact) mass is 234 g/mol. The van der Waals surface area contributed by atoms with Gasteiger partial charge >= 0.3 is 5.69 Å². The second-order valence-corrected chi connectivity index (χ2v) is 3.55. The Labute approximate surface area is 97.2 Å². The molecule has 7 nitrogen and oxygen atoms in total. The van der Waals surface area contributed by atoms with Gasteiger partial charge in [-0.2, -0.15) is 5.26 Å². The molecule has 1 unspecified atom stereocenters. The first-order chi connectivity index (χ1) is 8.24. The number of nitro groups is 1. The largest absolute Gasteiger partial charge is 0.378 e. The highest BCUT2D eigenvalue weighted by Gasteiger charge is 2.27. The maximum atomic E-state index is 11.0. The van der Waals surface area contributed by atoms with E-state index in [0.29, 0.717) is 25.3 Å². The Bertz CT molecular complexity index is 477. The van der Waals surface area contributed by atoms with E-state index in [1.807, 2.05) is 0 Å². The average Bonchev–Trinajstić information content (AvgIpc) is 2.38. The summed E-state index contributed by atoms with van der Waals surface area (Å²) in [5.41, 5.74) is 0.0409. The number of aromatic nitrogens is 1. The summed E-state index contributed by atoms with van der Waals surface area (Å²) in [6, 6.07) is 3.02. The third kappa shape index (κ3) is 2.22. The molecule has 0 bridgehead atoms. The topological polar surface area (TPSA) is 101 Å².